The van der Waals surface area contributed by atoms with Crippen LogP contribution in [0.1, 0.15) is 11.3 Å². The van der Waals surface area contributed by atoms with E-state index in [-0.39, 0.29) is 0 Å². The molecule has 1 aromatic carbocycles. The Bertz CT molecular complexity index is 466. The summed E-state index contributed by atoms with van der Waals surface area (Å²) >= 11 is 0. The van der Waals surface area contributed by atoms with Crippen LogP contribution >= 0.6 is 0 Å². The van der Waals surface area contributed by atoms with Crippen LogP contribution in [0.3, 0.4) is 0 Å². The van der Waals surface area contributed by atoms with Crippen LogP contribution in [-0.4, -0.2) is 4.98 Å². The predicted molar refractivity (Wildman–Crippen MR) is 64.2 cm³/mol. The van der Waals surface area contributed by atoms with Crippen molar-refractivity contribution >= 4 is 5.69 Å². The van der Waals surface area contributed by atoms with Crippen molar-refractivity contribution in [3.8, 4) is 5.75 Å². The Morgan fingerprint density at radius 1 is 1.25 bits per heavy atom. The van der Waals surface area contributed by atoms with Crippen LogP contribution in [0.15, 0.2) is 42.6 Å². The van der Waals surface area contributed by atoms with Crippen molar-refractivity contribution in [3.63, 3.8) is 0 Å². The first-order chi connectivity index (χ1) is 7.74. The fourth-order valence-corrected chi connectivity index (χ4v) is 1.38. The maximum Gasteiger partial charge on any atom is 0.130 e. The summed E-state index contributed by atoms with van der Waals surface area (Å²) in [5.74, 6) is 0.860. The lowest BCUT2D eigenvalue weighted by atomic mass is 10.2. The average molecular weight is 214 g/mol. The van der Waals surface area contributed by atoms with E-state index in [1.807, 2.05) is 43.3 Å². The maximum atomic E-state index is 5.61. The van der Waals surface area contributed by atoms with Gasteiger partial charge in [0.2, 0.25) is 0 Å². The van der Waals surface area contributed by atoms with Gasteiger partial charge in [0.25, 0.3) is 0 Å². The summed E-state index contributed by atoms with van der Waals surface area (Å²) in [6.07, 6.45) is 1.63. The Hall–Kier alpha value is -2.03. The van der Waals surface area contributed by atoms with Crippen molar-refractivity contribution in [1.29, 1.82) is 0 Å². The normalized spacial score (nSPS) is 10.1. The van der Waals surface area contributed by atoms with Crippen LogP contribution in [0.4, 0.5) is 5.69 Å². The standard InChI is InChI=1S/C13H14N2O/c1-10-3-2-4-13(7-10)16-9-12-6-5-11(14)8-15-12/h2-8H,9,14H2,1H3. The van der Waals surface area contributed by atoms with Gasteiger partial charge in [0.15, 0.2) is 0 Å². The second-order valence-electron chi connectivity index (χ2n) is 3.69. The molecular formula is C13H14N2O. The molecule has 0 fully saturated rings. The first-order valence-electron chi connectivity index (χ1n) is 5.14. The molecule has 2 aromatic rings. The monoisotopic (exact) mass is 214 g/mol. The summed E-state index contributed by atoms with van der Waals surface area (Å²) in [7, 11) is 0. The molecule has 3 nitrogen and oxygen atoms in total. The van der Waals surface area contributed by atoms with Crippen molar-refractivity contribution in [2.75, 3.05) is 5.73 Å². The van der Waals surface area contributed by atoms with Crippen LogP contribution < -0.4 is 10.5 Å². The number of anilines is 1. The molecular weight excluding hydrogens is 200 g/mol. The van der Waals surface area contributed by atoms with Gasteiger partial charge in [-0.2, -0.15) is 0 Å². The van der Waals surface area contributed by atoms with E-state index in [9.17, 15) is 0 Å². The minimum Gasteiger partial charge on any atom is -0.487 e. The lowest BCUT2D eigenvalue weighted by molar-refractivity contribution is 0.301. The molecule has 82 valence electrons. The van der Waals surface area contributed by atoms with E-state index in [1.54, 1.807) is 6.20 Å². The molecule has 0 atom stereocenters. The molecule has 3 heteroatoms. The maximum absolute atomic E-state index is 5.61. The molecule has 0 spiro atoms. The zero-order valence-corrected chi connectivity index (χ0v) is 9.18. The van der Waals surface area contributed by atoms with Crippen LogP contribution in [0.25, 0.3) is 0 Å². The van der Waals surface area contributed by atoms with Gasteiger partial charge in [-0.15, -0.1) is 0 Å². The van der Waals surface area contributed by atoms with E-state index < -0.39 is 0 Å². The summed E-state index contributed by atoms with van der Waals surface area (Å²) in [4.78, 5) is 4.17. The molecule has 1 aromatic heterocycles. The van der Waals surface area contributed by atoms with Crippen LogP contribution in [0.2, 0.25) is 0 Å². The molecule has 0 amide bonds. The summed E-state index contributed by atoms with van der Waals surface area (Å²) in [5.41, 5.74) is 8.27. The fourth-order valence-electron chi connectivity index (χ4n) is 1.38. The highest BCUT2D eigenvalue weighted by atomic mass is 16.5. The molecule has 0 aliphatic rings. The van der Waals surface area contributed by atoms with E-state index in [0.717, 1.165) is 11.4 Å². The number of hydrogen-bond donors (Lipinski definition) is 1. The number of hydrogen-bond acceptors (Lipinski definition) is 3. The van der Waals surface area contributed by atoms with Crippen molar-refractivity contribution < 1.29 is 4.74 Å². The summed E-state index contributed by atoms with van der Waals surface area (Å²) in [6.45, 7) is 2.50. The van der Waals surface area contributed by atoms with E-state index in [1.165, 1.54) is 5.56 Å². The molecule has 16 heavy (non-hydrogen) atoms. The third-order valence-corrected chi connectivity index (χ3v) is 2.22. The smallest absolute Gasteiger partial charge is 0.130 e. The number of nitrogen functional groups attached to an aromatic ring is 1. The van der Waals surface area contributed by atoms with Crippen LogP contribution in [0, 0.1) is 6.92 Å². The fraction of sp³-hybridized carbons (Fsp3) is 0.154. The molecule has 2 N–H and O–H groups in total. The largest absolute Gasteiger partial charge is 0.487 e. The van der Waals surface area contributed by atoms with Gasteiger partial charge in [0.05, 0.1) is 17.6 Å². The molecule has 1 heterocycles. The van der Waals surface area contributed by atoms with E-state index >= 15 is 0 Å². The number of benzene rings is 1. The lowest BCUT2D eigenvalue weighted by Gasteiger charge is -2.06. The summed E-state index contributed by atoms with van der Waals surface area (Å²) in [6, 6.07) is 11.6. The van der Waals surface area contributed by atoms with Gasteiger partial charge in [-0.25, -0.2) is 0 Å². The van der Waals surface area contributed by atoms with Gasteiger partial charge >= 0.3 is 0 Å². The Morgan fingerprint density at radius 3 is 2.81 bits per heavy atom. The molecule has 2 rings (SSSR count). The zero-order chi connectivity index (χ0) is 11.4. The molecule has 0 aliphatic heterocycles. The van der Waals surface area contributed by atoms with Crippen molar-refractivity contribution in [2.45, 2.75) is 13.5 Å². The van der Waals surface area contributed by atoms with Gasteiger partial charge in [-0.3, -0.25) is 4.98 Å². The Kier molecular flexibility index (Phi) is 3.05. The van der Waals surface area contributed by atoms with Gasteiger partial charge in [0, 0.05) is 0 Å². The zero-order valence-electron chi connectivity index (χ0n) is 9.18. The Balaban J connectivity index is 1.99. The highest BCUT2D eigenvalue weighted by Crippen LogP contribution is 2.14. The molecule has 0 bridgehead atoms. The third-order valence-electron chi connectivity index (χ3n) is 2.22. The molecule has 0 saturated carbocycles. The van der Waals surface area contributed by atoms with Crippen molar-refractivity contribution in [2.24, 2.45) is 0 Å². The van der Waals surface area contributed by atoms with E-state index in [2.05, 4.69) is 4.98 Å². The minimum atomic E-state index is 0.462. The Morgan fingerprint density at radius 2 is 2.12 bits per heavy atom. The van der Waals surface area contributed by atoms with Gasteiger partial charge in [0.1, 0.15) is 12.4 Å². The number of nitrogens with two attached hydrogens (primary N) is 1. The highest BCUT2D eigenvalue weighted by Gasteiger charge is 1.97. The number of aromatic nitrogens is 1. The second kappa shape index (κ2) is 4.66. The van der Waals surface area contributed by atoms with E-state index in [0.29, 0.717) is 12.3 Å². The van der Waals surface area contributed by atoms with Gasteiger partial charge in [-0.1, -0.05) is 12.1 Å². The van der Waals surface area contributed by atoms with Crippen molar-refractivity contribution in [3.05, 3.63) is 53.9 Å². The number of ether oxygens (including phenoxy) is 1. The number of pyridine rings is 1. The second-order valence-corrected chi connectivity index (χ2v) is 3.69. The van der Waals surface area contributed by atoms with Crippen LogP contribution in [0.5, 0.6) is 5.75 Å². The molecule has 0 radical (unpaired) electrons. The van der Waals surface area contributed by atoms with Gasteiger partial charge < -0.3 is 10.5 Å². The number of rotatable bonds is 3. The SMILES string of the molecule is Cc1cccc(OCc2ccc(N)cn2)c1. The summed E-state index contributed by atoms with van der Waals surface area (Å²) < 4.78 is 5.61. The first-order valence-corrected chi connectivity index (χ1v) is 5.14. The van der Waals surface area contributed by atoms with E-state index in [4.69, 9.17) is 10.5 Å². The number of nitrogens with zero attached hydrogens (tertiary/aromatic N) is 1. The highest BCUT2D eigenvalue weighted by molar-refractivity contribution is 5.34. The van der Waals surface area contributed by atoms with Crippen LogP contribution in [-0.2, 0) is 6.61 Å². The minimum absolute atomic E-state index is 0.462. The third kappa shape index (κ3) is 2.73. The lowest BCUT2D eigenvalue weighted by Crippen LogP contribution is -1.98. The molecule has 0 aliphatic carbocycles. The first kappa shape index (κ1) is 10.5. The summed E-state index contributed by atoms with van der Waals surface area (Å²) in [5, 5.41) is 0. The quantitative estimate of drug-likeness (QED) is 0.854. The molecule has 0 saturated heterocycles. The number of aryl methyl sites for hydroxylation is 1. The van der Waals surface area contributed by atoms with Gasteiger partial charge in [-0.05, 0) is 36.8 Å². The predicted octanol–water partition coefficient (Wildman–Crippen LogP) is 2.55. The average Bonchev–Trinajstić information content (AvgIpc) is 2.28. The van der Waals surface area contributed by atoms with Crippen molar-refractivity contribution in [1.82, 2.24) is 4.98 Å². The molecule has 0 unspecified atom stereocenters. The Labute approximate surface area is 94.9 Å². The topological polar surface area (TPSA) is 48.1 Å².